The molecule has 2 aromatic carbocycles. The van der Waals surface area contributed by atoms with Gasteiger partial charge in [0, 0.05) is 11.3 Å². The van der Waals surface area contributed by atoms with E-state index in [1.807, 2.05) is 44.2 Å². The van der Waals surface area contributed by atoms with Crippen LogP contribution in [0.4, 0.5) is 9.52 Å². The first-order chi connectivity index (χ1) is 14.4. The zero-order valence-corrected chi connectivity index (χ0v) is 18.1. The highest BCUT2D eigenvalue weighted by molar-refractivity contribution is 8.00. The van der Waals surface area contributed by atoms with Gasteiger partial charge in [-0.2, -0.15) is 0 Å². The number of anilines is 1. The van der Waals surface area contributed by atoms with Crippen LogP contribution in [0.5, 0.6) is 0 Å². The van der Waals surface area contributed by atoms with Gasteiger partial charge in [0.25, 0.3) is 5.91 Å². The molecule has 0 radical (unpaired) electrons. The van der Waals surface area contributed by atoms with Gasteiger partial charge in [0.15, 0.2) is 4.34 Å². The second-order valence-corrected chi connectivity index (χ2v) is 9.04. The lowest BCUT2D eigenvalue weighted by molar-refractivity contribution is -0.118. The lowest BCUT2D eigenvalue weighted by Crippen LogP contribution is -2.47. The van der Waals surface area contributed by atoms with Gasteiger partial charge in [-0.3, -0.25) is 14.9 Å². The lowest BCUT2D eigenvalue weighted by Gasteiger charge is -2.21. The summed E-state index contributed by atoms with van der Waals surface area (Å²) in [4.78, 5) is 25.1. The molecule has 30 heavy (non-hydrogen) atoms. The minimum Gasteiger partial charge on any atom is -0.340 e. The van der Waals surface area contributed by atoms with Gasteiger partial charge in [-0.25, -0.2) is 4.39 Å². The average Bonchev–Trinajstić information content (AvgIpc) is 3.18. The molecule has 1 aromatic heterocycles. The number of rotatable bonds is 8. The Hall–Kier alpha value is -2.78. The largest absolute Gasteiger partial charge is 0.340 e. The van der Waals surface area contributed by atoms with Crippen LogP contribution < -0.4 is 10.6 Å². The molecule has 0 saturated carbocycles. The van der Waals surface area contributed by atoms with Crippen LogP contribution in [0.1, 0.15) is 29.8 Å². The summed E-state index contributed by atoms with van der Waals surface area (Å²) in [6.07, 6.45) is 0. The third-order valence-corrected chi connectivity index (χ3v) is 6.23. The summed E-state index contributed by atoms with van der Waals surface area (Å²) in [6.45, 7) is 3.66. The quantitative estimate of drug-likeness (QED) is 0.398. The topological polar surface area (TPSA) is 84.0 Å². The molecule has 0 aliphatic carbocycles. The van der Waals surface area contributed by atoms with Crippen LogP contribution in [-0.2, 0) is 10.5 Å². The molecule has 156 valence electrons. The fourth-order valence-electron chi connectivity index (χ4n) is 2.58. The summed E-state index contributed by atoms with van der Waals surface area (Å²) >= 11 is 2.82. The number of carbonyl (C=O) groups is 2. The predicted octanol–water partition coefficient (Wildman–Crippen LogP) is 4.36. The summed E-state index contributed by atoms with van der Waals surface area (Å²) in [5.41, 5.74) is 1.46. The number of nitrogens with zero attached hydrogens (tertiary/aromatic N) is 2. The molecular formula is C21H21FN4O2S2. The van der Waals surface area contributed by atoms with Crippen LogP contribution in [0.15, 0.2) is 58.9 Å². The summed E-state index contributed by atoms with van der Waals surface area (Å²) < 4.78 is 13.8. The fraction of sp³-hybridized carbons (Fsp3) is 0.238. The first-order valence-electron chi connectivity index (χ1n) is 9.30. The smallest absolute Gasteiger partial charge is 0.251 e. The maximum atomic E-state index is 13.1. The molecule has 2 N–H and O–H groups in total. The monoisotopic (exact) mass is 444 g/mol. The molecule has 0 bridgehead atoms. The Kier molecular flexibility index (Phi) is 7.53. The van der Waals surface area contributed by atoms with Crippen LogP contribution in [-0.4, -0.2) is 28.1 Å². The minimum atomic E-state index is -0.771. The number of benzene rings is 2. The van der Waals surface area contributed by atoms with Crippen molar-refractivity contribution >= 4 is 40.0 Å². The van der Waals surface area contributed by atoms with E-state index in [1.54, 1.807) is 0 Å². The van der Waals surface area contributed by atoms with E-state index in [4.69, 9.17) is 0 Å². The third-order valence-electron chi connectivity index (χ3n) is 4.18. The van der Waals surface area contributed by atoms with E-state index in [0.29, 0.717) is 5.13 Å². The number of amides is 2. The van der Waals surface area contributed by atoms with Crippen molar-refractivity contribution in [3.05, 3.63) is 71.5 Å². The first-order valence-corrected chi connectivity index (χ1v) is 11.1. The number of aromatic nitrogens is 2. The zero-order chi connectivity index (χ0) is 21.5. The Labute approximate surface area is 182 Å². The third kappa shape index (κ3) is 6.11. The summed E-state index contributed by atoms with van der Waals surface area (Å²) in [5.74, 6) is -0.654. The molecule has 9 heteroatoms. The predicted molar refractivity (Wildman–Crippen MR) is 117 cm³/mol. The molecule has 2 amide bonds. The Morgan fingerprint density at radius 1 is 1.07 bits per heavy atom. The van der Waals surface area contributed by atoms with E-state index in [0.717, 1.165) is 10.1 Å². The average molecular weight is 445 g/mol. The Balaban J connectivity index is 1.59. The van der Waals surface area contributed by atoms with E-state index in [1.165, 1.54) is 52.9 Å². The molecule has 1 heterocycles. The number of thioether (sulfide) groups is 1. The zero-order valence-electron chi connectivity index (χ0n) is 16.5. The van der Waals surface area contributed by atoms with Crippen molar-refractivity contribution in [2.45, 2.75) is 30.0 Å². The van der Waals surface area contributed by atoms with Crippen molar-refractivity contribution in [3.8, 4) is 0 Å². The Morgan fingerprint density at radius 2 is 1.77 bits per heavy atom. The molecule has 0 aliphatic heterocycles. The Bertz CT molecular complexity index is 994. The van der Waals surface area contributed by atoms with Crippen molar-refractivity contribution < 1.29 is 14.0 Å². The second kappa shape index (κ2) is 10.3. The maximum absolute atomic E-state index is 13.1. The van der Waals surface area contributed by atoms with Gasteiger partial charge in [-0.05, 0) is 35.7 Å². The molecule has 0 spiro atoms. The molecule has 1 unspecified atom stereocenters. The summed E-state index contributed by atoms with van der Waals surface area (Å²) in [7, 11) is 0. The van der Waals surface area contributed by atoms with Gasteiger partial charge in [-0.1, -0.05) is 67.3 Å². The number of hydrogen-bond donors (Lipinski definition) is 2. The van der Waals surface area contributed by atoms with E-state index in [2.05, 4.69) is 20.8 Å². The van der Waals surface area contributed by atoms with Crippen molar-refractivity contribution in [1.82, 2.24) is 15.5 Å². The van der Waals surface area contributed by atoms with Crippen LogP contribution in [0.3, 0.4) is 0 Å². The first kappa shape index (κ1) is 21.9. The molecule has 0 saturated heterocycles. The van der Waals surface area contributed by atoms with E-state index in [-0.39, 0.29) is 17.4 Å². The fourth-order valence-corrected chi connectivity index (χ4v) is 4.29. The van der Waals surface area contributed by atoms with Gasteiger partial charge >= 0.3 is 0 Å². The number of halogens is 1. The van der Waals surface area contributed by atoms with Crippen LogP contribution in [0, 0.1) is 11.7 Å². The highest BCUT2D eigenvalue weighted by atomic mass is 32.2. The lowest BCUT2D eigenvalue weighted by atomic mass is 10.0. The van der Waals surface area contributed by atoms with Gasteiger partial charge in [0.05, 0.1) is 0 Å². The van der Waals surface area contributed by atoms with E-state index < -0.39 is 17.8 Å². The molecular weight excluding hydrogens is 423 g/mol. The summed E-state index contributed by atoms with van der Waals surface area (Å²) in [6, 6.07) is 14.4. The highest BCUT2D eigenvalue weighted by Crippen LogP contribution is 2.28. The van der Waals surface area contributed by atoms with Gasteiger partial charge in [-0.15, -0.1) is 10.2 Å². The Morgan fingerprint density at radius 3 is 2.43 bits per heavy atom. The molecule has 0 fully saturated rings. The maximum Gasteiger partial charge on any atom is 0.251 e. The SMILES string of the molecule is CC(C)C(NC(=O)c1ccc(F)cc1)C(=O)Nc1nnc(SCc2ccccc2)s1. The van der Waals surface area contributed by atoms with Crippen molar-refractivity contribution in [1.29, 1.82) is 0 Å². The van der Waals surface area contributed by atoms with Crippen molar-refractivity contribution in [2.75, 3.05) is 5.32 Å². The minimum absolute atomic E-state index is 0.158. The summed E-state index contributed by atoms with van der Waals surface area (Å²) in [5, 5.41) is 13.9. The van der Waals surface area contributed by atoms with Crippen LogP contribution in [0.2, 0.25) is 0 Å². The molecule has 0 aliphatic rings. The number of hydrogen-bond acceptors (Lipinski definition) is 6. The molecule has 3 aromatic rings. The van der Waals surface area contributed by atoms with Crippen LogP contribution in [0.25, 0.3) is 0 Å². The number of carbonyl (C=O) groups excluding carboxylic acids is 2. The second-order valence-electron chi connectivity index (χ2n) is 6.84. The van der Waals surface area contributed by atoms with E-state index >= 15 is 0 Å². The van der Waals surface area contributed by atoms with Gasteiger partial charge < -0.3 is 5.32 Å². The van der Waals surface area contributed by atoms with Gasteiger partial charge in [0.2, 0.25) is 11.0 Å². The molecule has 6 nitrogen and oxygen atoms in total. The van der Waals surface area contributed by atoms with E-state index in [9.17, 15) is 14.0 Å². The molecule has 3 rings (SSSR count). The standard InChI is InChI=1S/C21H21FN4O2S2/c1-13(2)17(23-18(27)15-8-10-16(22)11-9-15)19(28)24-20-25-26-21(30-20)29-12-14-6-4-3-5-7-14/h3-11,13,17H,12H2,1-2H3,(H,23,27)(H,24,25,28). The number of nitrogens with one attached hydrogen (secondary N) is 2. The normalized spacial score (nSPS) is 11.9. The van der Waals surface area contributed by atoms with Gasteiger partial charge in [0.1, 0.15) is 11.9 Å². The van der Waals surface area contributed by atoms with Crippen LogP contribution >= 0.6 is 23.1 Å². The molecule has 1 atom stereocenters. The highest BCUT2D eigenvalue weighted by Gasteiger charge is 2.25. The van der Waals surface area contributed by atoms with Crippen molar-refractivity contribution in [2.24, 2.45) is 5.92 Å². The van der Waals surface area contributed by atoms with Crippen molar-refractivity contribution in [3.63, 3.8) is 0 Å².